The molecule has 3 atom stereocenters. The molecule has 0 N–H and O–H groups in total. The van der Waals surface area contributed by atoms with Gasteiger partial charge in [-0.1, -0.05) is 0 Å². The summed E-state index contributed by atoms with van der Waals surface area (Å²) in [6.45, 7) is 1.01. The van der Waals surface area contributed by atoms with Crippen LogP contribution < -0.4 is 0 Å². The van der Waals surface area contributed by atoms with Crippen LogP contribution in [-0.4, -0.2) is 24.2 Å². The van der Waals surface area contributed by atoms with Gasteiger partial charge in [-0.3, -0.25) is 0 Å². The van der Waals surface area contributed by atoms with Crippen LogP contribution in [-0.2, 0) is 4.74 Å². The van der Waals surface area contributed by atoms with Crippen LogP contribution in [0.2, 0.25) is 0 Å². The summed E-state index contributed by atoms with van der Waals surface area (Å²) in [5.74, 6) is 0.925. The largest absolute Gasteiger partial charge is 0.377 e. The van der Waals surface area contributed by atoms with Gasteiger partial charge in [0.25, 0.3) is 0 Å². The van der Waals surface area contributed by atoms with E-state index in [1.165, 1.54) is 12.8 Å². The van der Waals surface area contributed by atoms with Gasteiger partial charge in [-0.2, -0.15) is 11.8 Å². The molecule has 2 rings (SSSR count). The van der Waals surface area contributed by atoms with Gasteiger partial charge in [-0.05, 0) is 19.1 Å². The van der Waals surface area contributed by atoms with Gasteiger partial charge in [-0.25, -0.2) is 0 Å². The van der Waals surface area contributed by atoms with Crippen molar-refractivity contribution in [3.8, 4) is 0 Å². The Labute approximate surface area is 60.2 Å². The molecule has 0 aromatic carbocycles. The highest BCUT2D eigenvalue weighted by atomic mass is 32.2. The fraction of sp³-hybridized carbons (Fsp3) is 1.00. The smallest absolute Gasteiger partial charge is 0.0736 e. The second kappa shape index (κ2) is 2.17. The zero-order valence-electron chi connectivity index (χ0n) is 5.67. The summed E-state index contributed by atoms with van der Waals surface area (Å²) >= 11 is 1.97. The molecule has 2 heteroatoms. The Morgan fingerprint density at radius 2 is 2.44 bits per heavy atom. The zero-order valence-corrected chi connectivity index (χ0v) is 6.49. The first-order valence-electron chi connectivity index (χ1n) is 3.58. The van der Waals surface area contributed by atoms with Gasteiger partial charge in [0.1, 0.15) is 0 Å². The summed E-state index contributed by atoms with van der Waals surface area (Å²) in [5.41, 5.74) is 0. The van der Waals surface area contributed by atoms with Crippen molar-refractivity contribution >= 4 is 11.8 Å². The zero-order chi connectivity index (χ0) is 6.27. The lowest BCUT2D eigenvalue weighted by Gasteiger charge is -2.07. The Hall–Kier alpha value is 0.310. The molecule has 1 heterocycles. The second-order valence-corrected chi connectivity index (χ2v) is 3.86. The summed E-state index contributed by atoms with van der Waals surface area (Å²) in [6.07, 6.45) is 5.54. The molecule has 0 bridgehead atoms. The molecule has 0 amide bonds. The minimum Gasteiger partial charge on any atom is -0.377 e. The molecule has 1 aliphatic carbocycles. The molecule has 9 heavy (non-hydrogen) atoms. The molecule has 52 valence electrons. The van der Waals surface area contributed by atoms with Gasteiger partial charge in [0.05, 0.1) is 6.10 Å². The number of hydrogen-bond donors (Lipinski definition) is 0. The SMILES string of the molecule is CSC1C2CCCOC21. The van der Waals surface area contributed by atoms with E-state index in [1.54, 1.807) is 0 Å². The van der Waals surface area contributed by atoms with E-state index in [9.17, 15) is 0 Å². The Kier molecular flexibility index (Phi) is 1.46. The molecule has 1 saturated heterocycles. The summed E-state index contributed by atoms with van der Waals surface area (Å²) in [7, 11) is 0. The van der Waals surface area contributed by atoms with E-state index in [0.717, 1.165) is 17.8 Å². The monoisotopic (exact) mass is 144 g/mol. The molecule has 0 radical (unpaired) electrons. The van der Waals surface area contributed by atoms with Crippen molar-refractivity contribution < 1.29 is 4.74 Å². The second-order valence-electron chi connectivity index (χ2n) is 2.84. The summed E-state index contributed by atoms with van der Waals surface area (Å²) in [5, 5.41) is 0.854. The van der Waals surface area contributed by atoms with Gasteiger partial charge < -0.3 is 4.74 Å². The molecule has 1 saturated carbocycles. The summed E-state index contributed by atoms with van der Waals surface area (Å²) in [6, 6.07) is 0. The first-order valence-corrected chi connectivity index (χ1v) is 4.86. The first kappa shape index (κ1) is 6.05. The summed E-state index contributed by atoms with van der Waals surface area (Å²) < 4.78 is 5.53. The van der Waals surface area contributed by atoms with E-state index < -0.39 is 0 Å². The molecule has 1 aliphatic heterocycles. The molecule has 0 spiro atoms. The maximum absolute atomic E-state index is 5.53. The Morgan fingerprint density at radius 1 is 1.56 bits per heavy atom. The summed E-state index contributed by atoms with van der Waals surface area (Å²) in [4.78, 5) is 0. The number of hydrogen-bond acceptors (Lipinski definition) is 2. The van der Waals surface area contributed by atoms with Crippen LogP contribution in [0.3, 0.4) is 0 Å². The van der Waals surface area contributed by atoms with Crippen LogP contribution in [0.5, 0.6) is 0 Å². The van der Waals surface area contributed by atoms with Crippen LogP contribution in [0.25, 0.3) is 0 Å². The fourth-order valence-electron chi connectivity index (χ4n) is 1.71. The van der Waals surface area contributed by atoms with Crippen molar-refractivity contribution in [2.75, 3.05) is 12.9 Å². The predicted molar refractivity (Wildman–Crippen MR) is 39.8 cm³/mol. The molecule has 2 aliphatic rings. The van der Waals surface area contributed by atoms with Crippen LogP contribution in [0.1, 0.15) is 12.8 Å². The minimum atomic E-state index is 0.647. The minimum absolute atomic E-state index is 0.647. The molecule has 1 nitrogen and oxygen atoms in total. The van der Waals surface area contributed by atoms with Crippen LogP contribution in [0.4, 0.5) is 0 Å². The third-order valence-corrected chi connectivity index (χ3v) is 3.45. The highest BCUT2D eigenvalue weighted by Crippen LogP contribution is 2.48. The van der Waals surface area contributed by atoms with E-state index in [4.69, 9.17) is 4.74 Å². The van der Waals surface area contributed by atoms with Crippen molar-refractivity contribution in [2.45, 2.75) is 24.2 Å². The number of thioether (sulfide) groups is 1. The molecule has 3 unspecified atom stereocenters. The highest BCUT2D eigenvalue weighted by Gasteiger charge is 2.51. The average Bonchev–Trinajstić information content (AvgIpc) is 2.60. The average molecular weight is 144 g/mol. The van der Waals surface area contributed by atoms with Crippen molar-refractivity contribution in [1.82, 2.24) is 0 Å². The van der Waals surface area contributed by atoms with Gasteiger partial charge in [-0.15, -0.1) is 0 Å². The Morgan fingerprint density at radius 3 is 3.00 bits per heavy atom. The normalized spacial score (nSPS) is 48.3. The third-order valence-electron chi connectivity index (χ3n) is 2.29. The van der Waals surface area contributed by atoms with Crippen LogP contribution >= 0.6 is 11.8 Å². The van der Waals surface area contributed by atoms with Crippen molar-refractivity contribution in [2.24, 2.45) is 5.92 Å². The van der Waals surface area contributed by atoms with E-state index >= 15 is 0 Å². The molecule has 0 aromatic rings. The maximum atomic E-state index is 5.53. The highest BCUT2D eigenvalue weighted by molar-refractivity contribution is 7.99. The lowest BCUT2D eigenvalue weighted by molar-refractivity contribution is 0.0803. The van der Waals surface area contributed by atoms with Crippen LogP contribution in [0.15, 0.2) is 0 Å². The predicted octanol–water partition coefficient (Wildman–Crippen LogP) is 1.53. The third kappa shape index (κ3) is 0.887. The van der Waals surface area contributed by atoms with Gasteiger partial charge in [0.2, 0.25) is 0 Å². The molecular weight excluding hydrogens is 132 g/mol. The quantitative estimate of drug-likeness (QED) is 0.552. The van der Waals surface area contributed by atoms with Crippen molar-refractivity contribution in [3.05, 3.63) is 0 Å². The first-order chi connectivity index (χ1) is 4.43. The van der Waals surface area contributed by atoms with Gasteiger partial charge in [0.15, 0.2) is 0 Å². The van der Waals surface area contributed by atoms with Gasteiger partial charge >= 0.3 is 0 Å². The Bertz CT molecular complexity index is 96.7. The van der Waals surface area contributed by atoms with E-state index in [-0.39, 0.29) is 0 Å². The number of rotatable bonds is 1. The molecule has 2 fully saturated rings. The van der Waals surface area contributed by atoms with Crippen molar-refractivity contribution in [3.63, 3.8) is 0 Å². The topological polar surface area (TPSA) is 9.23 Å². The van der Waals surface area contributed by atoms with Crippen LogP contribution in [0, 0.1) is 5.92 Å². The van der Waals surface area contributed by atoms with E-state index in [2.05, 4.69) is 6.26 Å². The Balaban J connectivity index is 1.91. The lowest BCUT2D eigenvalue weighted by atomic mass is 10.2. The fourth-order valence-corrected chi connectivity index (χ4v) is 2.81. The lowest BCUT2D eigenvalue weighted by Crippen LogP contribution is -2.05. The van der Waals surface area contributed by atoms with E-state index in [1.807, 2.05) is 11.8 Å². The maximum Gasteiger partial charge on any atom is 0.0736 e. The van der Waals surface area contributed by atoms with Gasteiger partial charge in [0, 0.05) is 17.8 Å². The molecular formula is C7H12OS. The number of fused-ring (bicyclic) bond motifs is 1. The molecule has 0 aromatic heterocycles. The standard InChI is InChI=1S/C7H12OS/c1-9-7-5-3-2-4-8-6(5)7/h5-7H,2-4H2,1H3. The number of ether oxygens (including phenoxy) is 1. The van der Waals surface area contributed by atoms with E-state index in [0.29, 0.717) is 6.10 Å². The van der Waals surface area contributed by atoms with Crippen molar-refractivity contribution in [1.29, 1.82) is 0 Å².